The van der Waals surface area contributed by atoms with Crippen LogP contribution in [0.3, 0.4) is 0 Å². The Hall–Kier alpha value is -3.03. The highest BCUT2D eigenvalue weighted by atomic mass is 16.6. The van der Waals surface area contributed by atoms with E-state index in [4.69, 9.17) is 15.2 Å². The number of ether oxygens (including phenoxy) is 2. The first kappa shape index (κ1) is 23.1. The van der Waals surface area contributed by atoms with Crippen LogP contribution in [0.1, 0.15) is 31.8 Å². The minimum absolute atomic E-state index is 0.189. The van der Waals surface area contributed by atoms with Gasteiger partial charge in [-0.25, -0.2) is 19.7 Å². The highest BCUT2D eigenvalue weighted by Crippen LogP contribution is 2.32. The Balaban J connectivity index is 1.53. The molecule has 0 spiro atoms. The number of fused-ring (bicyclic) bond motifs is 1. The van der Waals surface area contributed by atoms with Crippen LogP contribution in [-0.2, 0) is 20.7 Å². The van der Waals surface area contributed by atoms with Gasteiger partial charge in [0.2, 0.25) is 0 Å². The van der Waals surface area contributed by atoms with Gasteiger partial charge in [-0.05, 0) is 25.7 Å². The van der Waals surface area contributed by atoms with Gasteiger partial charge in [-0.15, -0.1) is 0 Å². The van der Waals surface area contributed by atoms with E-state index in [2.05, 4.69) is 20.3 Å². The Morgan fingerprint density at radius 1 is 1.27 bits per heavy atom. The number of anilines is 1. The van der Waals surface area contributed by atoms with E-state index in [1.54, 1.807) is 11.8 Å². The smallest absolute Gasteiger partial charge is 0.409 e. The van der Waals surface area contributed by atoms with Crippen molar-refractivity contribution < 1.29 is 29.3 Å². The number of nitrogen functional groups attached to an aromatic ring is 1. The number of nitrogens with two attached hydrogens (primary N) is 1. The summed E-state index contributed by atoms with van der Waals surface area (Å²) in [6.45, 7) is 3.30. The summed E-state index contributed by atoms with van der Waals surface area (Å²) >= 11 is 0. The lowest BCUT2D eigenvalue weighted by atomic mass is 9.93. The second-order valence-electron chi connectivity index (χ2n) is 8.28. The van der Waals surface area contributed by atoms with Gasteiger partial charge in [0.25, 0.3) is 5.91 Å². The van der Waals surface area contributed by atoms with Crippen molar-refractivity contribution in [1.29, 1.82) is 0 Å². The molecule has 0 radical (unpaired) electrons. The highest BCUT2D eigenvalue weighted by Gasteiger charge is 2.47. The molecule has 33 heavy (non-hydrogen) atoms. The first-order valence-corrected chi connectivity index (χ1v) is 10.9. The lowest BCUT2D eigenvalue weighted by Crippen LogP contribution is -2.42. The van der Waals surface area contributed by atoms with Gasteiger partial charge in [0.05, 0.1) is 13.4 Å². The Labute approximate surface area is 189 Å². The van der Waals surface area contributed by atoms with Crippen LogP contribution in [0.15, 0.2) is 6.33 Å². The summed E-state index contributed by atoms with van der Waals surface area (Å²) in [7, 11) is 1.37. The number of aliphatic hydroxyl groups excluding tert-OH is 2. The SMILES string of the molecule is CCNC(=O)[C@H]1O[C@@H](n2cnc3c(N)nc(CC4CCN(C(=O)OC)CC4)nc32)C(O)[C@H]1O. The number of nitrogens with one attached hydrogen (secondary N) is 1. The summed E-state index contributed by atoms with van der Waals surface area (Å²) in [6.07, 6.45) is -1.88. The summed E-state index contributed by atoms with van der Waals surface area (Å²) in [5, 5.41) is 23.5. The van der Waals surface area contributed by atoms with E-state index in [1.807, 2.05) is 0 Å². The lowest BCUT2D eigenvalue weighted by Gasteiger charge is -2.30. The quantitative estimate of drug-likeness (QED) is 0.438. The number of piperidine rings is 1. The maximum absolute atomic E-state index is 12.2. The summed E-state index contributed by atoms with van der Waals surface area (Å²) in [4.78, 5) is 38.7. The predicted octanol–water partition coefficient (Wildman–Crippen LogP) is -0.815. The van der Waals surface area contributed by atoms with E-state index >= 15 is 0 Å². The third-order valence-corrected chi connectivity index (χ3v) is 6.14. The molecule has 2 amide bonds. The fraction of sp³-hybridized carbons (Fsp3) is 0.650. The molecule has 0 aromatic carbocycles. The summed E-state index contributed by atoms with van der Waals surface area (Å²) < 4.78 is 11.9. The largest absolute Gasteiger partial charge is 0.453 e. The molecular formula is C20H29N7O6. The molecule has 2 fully saturated rings. The normalized spacial score (nSPS) is 26.0. The molecule has 4 rings (SSSR count). The Bertz CT molecular complexity index is 1020. The number of aromatic nitrogens is 4. The van der Waals surface area contributed by atoms with Crippen molar-refractivity contribution >= 4 is 29.0 Å². The number of carbonyl (C=O) groups excluding carboxylic acids is 2. The van der Waals surface area contributed by atoms with Crippen molar-refractivity contribution in [2.75, 3.05) is 32.5 Å². The third kappa shape index (κ3) is 4.43. The molecule has 13 heteroatoms. The zero-order valence-corrected chi connectivity index (χ0v) is 18.5. The van der Waals surface area contributed by atoms with Crippen LogP contribution in [-0.4, -0.2) is 91.7 Å². The molecule has 180 valence electrons. The Kier molecular flexibility index (Phi) is 6.63. The van der Waals surface area contributed by atoms with Crippen molar-refractivity contribution in [3.63, 3.8) is 0 Å². The van der Waals surface area contributed by atoms with Crippen molar-refractivity contribution in [3.05, 3.63) is 12.2 Å². The number of imidazole rings is 1. The van der Waals surface area contributed by atoms with E-state index < -0.39 is 30.4 Å². The van der Waals surface area contributed by atoms with Crippen molar-refractivity contribution in [2.45, 2.75) is 50.7 Å². The number of hydrogen-bond donors (Lipinski definition) is 4. The van der Waals surface area contributed by atoms with E-state index in [1.165, 1.54) is 18.0 Å². The molecule has 13 nitrogen and oxygen atoms in total. The second kappa shape index (κ2) is 9.45. The summed E-state index contributed by atoms with van der Waals surface area (Å²) in [5.41, 5.74) is 6.80. The minimum Gasteiger partial charge on any atom is -0.453 e. The van der Waals surface area contributed by atoms with Crippen LogP contribution in [0.25, 0.3) is 11.2 Å². The average Bonchev–Trinajstić information content (AvgIpc) is 3.35. The second-order valence-corrected chi connectivity index (χ2v) is 8.28. The fourth-order valence-corrected chi connectivity index (χ4v) is 4.35. The molecule has 1 unspecified atom stereocenters. The van der Waals surface area contributed by atoms with Gasteiger partial charge >= 0.3 is 6.09 Å². The molecule has 4 atom stereocenters. The molecule has 2 saturated heterocycles. The average molecular weight is 463 g/mol. The topological polar surface area (TPSA) is 178 Å². The third-order valence-electron chi connectivity index (χ3n) is 6.14. The van der Waals surface area contributed by atoms with Gasteiger partial charge in [0.15, 0.2) is 23.8 Å². The standard InChI is InChI=1S/C20H29N7O6/c1-3-22-18(30)15-13(28)14(29)19(33-15)27-9-23-12-16(21)24-11(25-17(12)27)8-10-4-6-26(7-5-10)20(31)32-2/h9-10,13-15,19,28-29H,3-8H2,1-2H3,(H,22,30)(H2,21,24,25)/t13-,14?,15+,19-/m1/s1. The van der Waals surface area contributed by atoms with Crippen LogP contribution in [0.5, 0.6) is 0 Å². The summed E-state index contributed by atoms with van der Waals surface area (Å²) in [6, 6.07) is 0. The number of nitrogens with zero attached hydrogens (tertiary/aromatic N) is 5. The maximum atomic E-state index is 12.2. The monoisotopic (exact) mass is 463 g/mol. The Morgan fingerprint density at radius 3 is 2.67 bits per heavy atom. The zero-order chi connectivity index (χ0) is 23.7. The first-order valence-electron chi connectivity index (χ1n) is 10.9. The fourth-order valence-electron chi connectivity index (χ4n) is 4.35. The van der Waals surface area contributed by atoms with Gasteiger partial charge in [-0.3, -0.25) is 9.36 Å². The van der Waals surface area contributed by atoms with E-state index in [-0.39, 0.29) is 17.8 Å². The zero-order valence-electron chi connectivity index (χ0n) is 18.5. The van der Waals surface area contributed by atoms with Crippen LogP contribution >= 0.6 is 0 Å². The maximum Gasteiger partial charge on any atom is 0.409 e. The van der Waals surface area contributed by atoms with Crippen LogP contribution in [0, 0.1) is 5.92 Å². The molecule has 4 heterocycles. The number of rotatable bonds is 5. The van der Waals surface area contributed by atoms with Gasteiger partial charge < -0.3 is 35.6 Å². The van der Waals surface area contributed by atoms with Crippen molar-refractivity contribution in [2.24, 2.45) is 5.92 Å². The molecule has 2 aromatic heterocycles. The lowest BCUT2D eigenvalue weighted by molar-refractivity contribution is -0.137. The van der Waals surface area contributed by atoms with Crippen LogP contribution < -0.4 is 11.1 Å². The molecular weight excluding hydrogens is 434 g/mol. The van der Waals surface area contributed by atoms with Crippen molar-refractivity contribution in [1.82, 2.24) is 29.7 Å². The van der Waals surface area contributed by atoms with Gasteiger partial charge in [-0.2, -0.15) is 0 Å². The first-order chi connectivity index (χ1) is 15.8. The molecule has 0 bridgehead atoms. The minimum atomic E-state index is -1.40. The Morgan fingerprint density at radius 2 is 2.00 bits per heavy atom. The number of likely N-dealkylation sites (N-methyl/N-ethyl adjacent to an activating group) is 1. The van der Waals surface area contributed by atoms with Crippen LogP contribution in [0.2, 0.25) is 0 Å². The predicted molar refractivity (Wildman–Crippen MR) is 115 cm³/mol. The molecule has 2 aromatic rings. The number of amides is 2. The van der Waals surface area contributed by atoms with Gasteiger partial charge in [0.1, 0.15) is 23.5 Å². The number of aliphatic hydroxyl groups is 2. The van der Waals surface area contributed by atoms with E-state index in [9.17, 15) is 19.8 Å². The molecule has 2 aliphatic heterocycles. The van der Waals surface area contributed by atoms with Crippen LogP contribution in [0.4, 0.5) is 10.6 Å². The number of methoxy groups -OCH3 is 1. The molecule has 2 aliphatic rings. The van der Waals surface area contributed by atoms with Gasteiger partial charge in [-0.1, -0.05) is 0 Å². The van der Waals surface area contributed by atoms with Crippen molar-refractivity contribution in [3.8, 4) is 0 Å². The van der Waals surface area contributed by atoms with E-state index in [0.717, 1.165) is 12.8 Å². The molecule has 5 N–H and O–H groups in total. The number of likely N-dealkylation sites (tertiary alicyclic amines) is 1. The number of carbonyl (C=O) groups is 2. The molecule has 0 aliphatic carbocycles. The highest BCUT2D eigenvalue weighted by molar-refractivity contribution is 5.83. The van der Waals surface area contributed by atoms with E-state index in [0.29, 0.717) is 43.0 Å². The molecule has 0 saturated carbocycles. The number of hydrogen-bond acceptors (Lipinski definition) is 10. The van der Waals surface area contributed by atoms with Gasteiger partial charge in [0, 0.05) is 26.1 Å². The summed E-state index contributed by atoms with van der Waals surface area (Å²) in [5.74, 6) is 0.445.